The zero-order valence-electron chi connectivity index (χ0n) is 11.2. The molecule has 1 aliphatic heterocycles. The molecule has 106 valence electrons. The first-order valence-electron chi connectivity index (χ1n) is 6.34. The molecule has 0 radical (unpaired) electrons. The summed E-state index contributed by atoms with van der Waals surface area (Å²) in [5.41, 5.74) is -0.696. The summed E-state index contributed by atoms with van der Waals surface area (Å²) >= 11 is 3.19. The number of β-amino-alcohol motifs (C(OH)–C–C–N with tert-alkyl or cyclic N) is 1. The second-order valence-corrected chi connectivity index (χ2v) is 6.27. The predicted octanol–water partition coefficient (Wildman–Crippen LogP) is 1.57. The molecule has 0 aromatic carbocycles. The van der Waals surface area contributed by atoms with E-state index in [-0.39, 0.29) is 5.91 Å². The highest BCUT2D eigenvalue weighted by Crippen LogP contribution is 2.17. The zero-order valence-corrected chi connectivity index (χ0v) is 12.8. The van der Waals surface area contributed by atoms with Crippen molar-refractivity contribution in [3.05, 3.63) is 22.6 Å². The number of hydrogen-bond acceptors (Lipinski definition) is 4. The number of furan rings is 1. The van der Waals surface area contributed by atoms with Crippen LogP contribution in [0.4, 0.5) is 0 Å². The van der Waals surface area contributed by atoms with E-state index in [0.29, 0.717) is 30.1 Å². The van der Waals surface area contributed by atoms with Gasteiger partial charge in [-0.3, -0.25) is 9.69 Å². The van der Waals surface area contributed by atoms with Crippen molar-refractivity contribution in [2.45, 2.75) is 19.4 Å². The van der Waals surface area contributed by atoms with E-state index in [4.69, 9.17) is 4.42 Å². The summed E-state index contributed by atoms with van der Waals surface area (Å²) in [7, 11) is 0. The van der Waals surface area contributed by atoms with Gasteiger partial charge in [-0.15, -0.1) is 0 Å². The number of hydrogen-bond donors (Lipinski definition) is 1. The van der Waals surface area contributed by atoms with Gasteiger partial charge in [-0.2, -0.15) is 0 Å². The minimum Gasteiger partial charge on any atom is -0.444 e. The molecule has 19 heavy (non-hydrogen) atoms. The monoisotopic (exact) mass is 330 g/mol. The molecule has 1 amide bonds. The van der Waals surface area contributed by atoms with Gasteiger partial charge in [-0.25, -0.2) is 0 Å². The molecule has 1 saturated heterocycles. The van der Waals surface area contributed by atoms with Crippen molar-refractivity contribution in [2.75, 3.05) is 32.7 Å². The lowest BCUT2D eigenvalue weighted by molar-refractivity contribution is 0.0171. The van der Waals surface area contributed by atoms with Crippen LogP contribution in [0.2, 0.25) is 0 Å². The van der Waals surface area contributed by atoms with Crippen molar-refractivity contribution in [1.29, 1.82) is 0 Å². The third-order valence-electron chi connectivity index (χ3n) is 3.05. The van der Waals surface area contributed by atoms with Gasteiger partial charge >= 0.3 is 0 Å². The lowest BCUT2D eigenvalue weighted by Gasteiger charge is -2.36. The zero-order chi connectivity index (χ0) is 14.0. The Bertz CT molecular complexity index is 445. The summed E-state index contributed by atoms with van der Waals surface area (Å²) in [5.74, 6) is 0.288. The number of amides is 1. The molecule has 1 fully saturated rings. The Hall–Kier alpha value is -0.850. The summed E-state index contributed by atoms with van der Waals surface area (Å²) in [4.78, 5) is 16.1. The molecule has 1 aromatic rings. The molecule has 0 bridgehead atoms. The van der Waals surface area contributed by atoms with Crippen LogP contribution in [-0.4, -0.2) is 59.1 Å². The van der Waals surface area contributed by atoms with E-state index in [9.17, 15) is 9.90 Å². The van der Waals surface area contributed by atoms with E-state index in [1.165, 1.54) is 0 Å². The number of carbonyl (C=O) groups is 1. The lowest BCUT2D eigenvalue weighted by Crippen LogP contribution is -2.51. The summed E-state index contributed by atoms with van der Waals surface area (Å²) in [6, 6.07) is 3.40. The van der Waals surface area contributed by atoms with Crippen LogP contribution < -0.4 is 0 Å². The van der Waals surface area contributed by atoms with E-state index >= 15 is 0 Å². The molecule has 0 atom stereocenters. The van der Waals surface area contributed by atoms with Crippen molar-refractivity contribution in [3.8, 4) is 0 Å². The number of nitrogens with zero attached hydrogens (tertiary/aromatic N) is 2. The topological polar surface area (TPSA) is 56.9 Å². The Kier molecular flexibility index (Phi) is 4.32. The largest absolute Gasteiger partial charge is 0.444 e. The first-order valence-corrected chi connectivity index (χ1v) is 7.14. The van der Waals surface area contributed by atoms with Crippen LogP contribution in [0.25, 0.3) is 0 Å². The van der Waals surface area contributed by atoms with E-state index < -0.39 is 5.60 Å². The molecule has 1 aliphatic rings. The van der Waals surface area contributed by atoms with Crippen molar-refractivity contribution in [1.82, 2.24) is 9.80 Å². The minimum absolute atomic E-state index is 0.0754. The van der Waals surface area contributed by atoms with Crippen molar-refractivity contribution in [3.63, 3.8) is 0 Å². The van der Waals surface area contributed by atoms with Crippen LogP contribution in [0, 0.1) is 0 Å². The van der Waals surface area contributed by atoms with Crippen LogP contribution in [0.1, 0.15) is 24.4 Å². The van der Waals surface area contributed by atoms with E-state index in [2.05, 4.69) is 20.8 Å². The summed E-state index contributed by atoms with van der Waals surface area (Å²) in [6.45, 7) is 7.09. The highest BCUT2D eigenvalue weighted by atomic mass is 79.9. The molecule has 0 aliphatic carbocycles. The number of aliphatic hydroxyl groups is 1. The Morgan fingerprint density at radius 2 is 2.00 bits per heavy atom. The number of carbonyl (C=O) groups excluding carboxylic acids is 1. The molecular weight excluding hydrogens is 312 g/mol. The third-order valence-corrected chi connectivity index (χ3v) is 3.48. The molecule has 2 heterocycles. The lowest BCUT2D eigenvalue weighted by atomic mass is 10.1. The first kappa shape index (κ1) is 14.6. The predicted molar refractivity (Wildman–Crippen MR) is 75.0 cm³/mol. The van der Waals surface area contributed by atoms with Crippen LogP contribution in [0.15, 0.2) is 21.2 Å². The number of piperazine rings is 1. The van der Waals surface area contributed by atoms with Crippen LogP contribution in [-0.2, 0) is 0 Å². The minimum atomic E-state index is -0.696. The normalized spacial score (nSPS) is 17.8. The molecule has 0 unspecified atom stereocenters. The quantitative estimate of drug-likeness (QED) is 0.914. The highest BCUT2D eigenvalue weighted by Gasteiger charge is 2.26. The molecule has 0 spiro atoms. The van der Waals surface area contributed by atoms with Gasteiger partial charge in [0, 0.05) is 32.7 Å². The van der Waals surface area contributed by atoms with Gasteiger partial charge in [0.2, 0.25) is 0 Å². The SMILES string of the molecule is CC(C)(O)CN1CCN(C(=O)c2ccc(Br)o2)CC1. The maximum absolute atomic E-state index is 12.1. The van der Waals surface area contributed by atoms with Gasteiger partial charge in [0.05, 0.1) is 5.60 Å². The second kappa shape index (κ2) is 5.64. The average molecular weight is 331 g/mol. The van der Waals surface area contributed by atoms with E-state index in [0.717, 1.165) is 13.1 Å². The molecule has 1 aromatic heterocycles. The maximum Gasteiger partial charge on any atom is 0.289 e. The second-order valence-electron chi connectivity index (χ2n) is 5.48. The Morgan fingerprint density at radius 3 is 2.47 bits per heavy atom. The Morgan fingerprint density at radius 1 is 1.37 bits per heavy atom. The average Bonchev–Trinajstić information content (AvgIpc) is 2.74. The van der Waals surface area contributed by atoms with Crippen LogP contribution in [0.5, 0.6) is 0 Å². The van der Waals surface area contributed by atoms with Crippen LogP contribution in [0.3, 0.4) is 0 Å². The van der Waals surface area contributed by atoms with Crippen molar-refractivity contribution in [2.24, 2.45) is 0 Å². The van der Waals surface area contributed by atoms with Crippen LogP contribution >= 0.6 is 15.9 Å². The molecule has 0 saturated carbocycles. The standard InChI is InChI=1S/C13H19BrN2O3/c1-13(2,18)9-15-5-7-16(8-6-15)12(17)10-3-4-11(14)19-10/h3-4,18H,5-9H2,1-2H3. The van der Waals surface area contributed by atoms with Gasteiger partial charge in [0.15, 0.2) is 10.4 Å². The summed E-state index contributed by atoms with van der Waals surface area (Å²) in [6.07, 6.45) is 0. The summed E-state index contributed by atoms with van der Waals surface area (Å²) in [5, 5.41) is 9.78. The number of halogens is 1. The Labute approximate surface area is 121 Å². The molecule has 5 nitrogen and oxygen atoms in total. The van der Waals surface area contributed by atoms with Gasteiger partial charge in [0.1, 0.15) is 0 Å². The summed E-state index contributed by atoms with van der Waals surface area (Å²) < 4.78 is 5.84. The molecular formula is C13H19BrN2O3. The molecule has 6 heteroatoms. The fourth-order valence-electron chi connectivity index (χ4n) is 2.24. The van der Waals surface area contributed by atoms with Gasteiger partial charge < -0.3 is 14.4 Å². The first-order chi connectivity index (χ1) is 8.85. The smallest absolute Gasteiger partial charge is 0.289 e. The highest BCUT2D eigenvalue weighted by molar-refractivity contribution is 9.10. The van der Waals surface area contributed by atoms with Gasteiger partial charge in [-0.1, -0.05) is 0 Å². The van der Waals surface area contributed by atoms with Gasteiger partial charge in [-0.05, 0) is 41.9 Å². The molecule has 2 rings (SSSR count). The number of rotatable bonds is 3. The molecule has 1 N–H and O–H groups in total. The maximum atomic E-state index is 12.1. The van der Waals surface area contributed by atoms with E-state index in [1.807, 2.05) is 0 Å². The Balaban J connectivity index is 1.88. The fourth-order valence-corrected chi connectivity index (χ4v) is 2.55. The van der Waals surface area contributed by atoms with Gasteiger partial charge in [0.25, 0.3) is 5.91 Å². The third kappa shape index (κ3) is 4.06. The van der Waals surface area contributed by atoms with E-state index in [1.54, 1.807) is 30.9 Å². The van der Waals surface area contributed by atoms with Crippen molar-refractivity contribution >= 4 is 21.8 Å². The fraction of sp³-hybridized carbons (Fsp3) is 0.615. The van der Waals surface area contributed by atoms with Crippen molar-refractivity contribution < 1.29 is 14.3 Å².